The molecule has 0 saturated heterocycles. The summed E-state index contributed by atoms with van der Waals surface area (Å²) in [6, 6.07) is 73.7. The van der Waals surface area contributed by atoms with Crippen LogP contribution in [0.4, 0.5) is 0 Å². The van der Waals surface area contributed by atoms with Crippen LogP contribution in [0.5, 0.6) is 0 Å². The summed E-state index contributed by atoms with van der Waals surface area (Å²) in [5, 5.41) is 5.21. The Bertz CT molecular complexity index is 3310. The highest BCUT2D eigenvalue weighted by atomic mass is 14.4. The van der Waals surface area contributed by atoms with Crippen molar-refractivity contribution in [1.29, 1.82) is 0 Å². The average Bonchev–Trinajstić information content (AvgIpc) is 3.86. The number of hydrogen-bond acceptors (Lipinski definition) is 0. The van der Waals surface area contributed by atoms with Crippen molar-refractivity contribution in [3.8, 4) is 89.0 Å². The molecule has 0 nitrogen and oxygen atoms in total. The molecule has 0 radical (unpaired) electrons. The highest BCUT2D eigenvalue weighted by molar-refractivity contribution is 6.31. The van der Waals surface area contributed by atoms with Crippen molar-refractivity contribution in [1.82, 2.24) is 0 Å². The Kier molecular flexibility index (Phi) is 7.23. The van der Waals surface area contributed by atoms with Crippen molar-refractivity contribution in [2.45, 2.75) is 38.5 Å². The Labute approximate surface area is 363 Å². The second-order valence-electron chi connectivity index (χ2n) is 18.7. The lowest BCUT2D eigenvalue weighted by atomic mass is 9.76. The van der Waals surface area contributed by atoms with E-state index in [1.165, 1.54) is 133 Å². The van der Waals surface area contributed by atoms with Crippen LogP contribution in [-0.4, -0.2) is 0 Å². The molecule has 0 heteroatoms. The minimum Gasteiger partial charge on any atom is -0.0622 e. The molecule has 0 atom stereocenters. The van der Waals surface area contributed by atoms with E-state index < -0.39 is 0 Å². The molecule has 62 heavy (non-hydrogen) atoms. The zero-order chi connectivity index (χ0) is 41.5. The van der Waals surface area contributed by atoms with Crippen molar-refractivity contribution in [2.24, 2.45) is 0 Å². The second-order valence-corrected chi connectivity index (χ2v) is 18.7. The van der Waals surface area contributed by atoms with E-state index in [9.17, 15) is 0 Å². The van der Waals surface area contributed by atoms with Crippen LogP contribution in [-0.2, 0) is 10.8 Å². The Balaban J connectivity index is 1.22. The zero-order valence-corrected chi connectivity index (χ0v) is 35.5. The maximum Gasteiger partial charge on any atom is 0.0159 e. The summed E-state index contributed by atoms with van der Waals surface area (Å²) >= 11 is 0. The second kappa shape index (κ2) is 12.6. The van der Waals surface area contributed by atoms with Gasteiger partial charge in [-0.3, -0.25) is 0 Å². The van der Waals surface area contributed by atoms with Crippen LogP contribution in [0.25, 0.3) is 111 Å². The highest BCUT2D eigenvalue weighted by Gasteiger charge is 2.38. The quantitative estimate of drug-likeness (QED) is 0.167. The van der Waals surface area contributed by atoms with Gasteiger partial charge in [-0.2, -0.15) is 0 Å². The molecule has 13 rings (SSSR count). The Morgan fingerprint density at radius 1 is 0.242 bits per heavy atom. The van der Waals surface area contributed by atoms with Gasteiger partial charge < -0.3 is 0 Å². The lowest BCUT2D eigenvalue weighted by Gasteiger charge is -2.26. The lowest BCUT2D eigenvalue weighted by Crippen LogP contribution is -2.15. The van der Waals surface area contributed by atoms with Crippen molar-refractivity contribution in [3.63, 3.8) is 0 Å². The summed E-state index contributed by atoms with van der Waals surface area (Å²) in [5.74, 6) is 0. The van der Waals surface area contributed by atoms with Gasteiger partial charge in [0.2, 0.25) is 0 Å². The maximum absolute atomic E-state index is 2.51. The molecule has 0 bridgehead atoms. The molecule has 0 spiro atoms. The molecule has 0 fully saturated rings. The fourth-order valence-electron chi connectivity index (χ4n) is 11.9. The average molecular weight is 789 g/mol. The molecule has 0 aliphatic heterocycles. The minimum atomic E-state index is -0.123. The third-order valence-corrected chi connectivity index (χ3v) is 14.8. The fourth-order valence-corrected chi connectivity index (χ4v) is 11.9. The molecule has 0 N–H and O–H groups in total. The summed E-state index contributed by atoms with van der Waals surface area (Å²) in [4.78, 5) is 0. The predicted molar refractivity (Wildman–Crippen MR) is 263 cm³/mol. The Hall–Kier alpha value is -7.28. The van der Waals surface area contributed by atoms with Crippen LogP contribution in [0, 0.1) is 0 Å². The van der Waals surface area contributed by atoms with E-state index in [0.29, 0.717) is 0 Å². The van der Waals surface area contributed by atoms with E-state index in [1.54, 1.807) is 0 Å². The number of rotatable bonds is 4. The fraction of sp³-hybridized carbons (Fsp3) is 0.0968. The smallest absolute Gasteiger partial charge is 0.0159 e. The minimum absolute atomic E-state index is 0.123. The number of benzene rings is 10. The van der Waals surface area contributed by atoms with E-state index >= 15 is 0 Å². The molecular weight excluding hydrogens is 745 g/mol. The SMILES string of the molecule is CC1(C)c2ccccc2-c2ccc(-c3ccc(-c4ccc5c(c4)C(C)(C)c4ccccc4-5)c4c(-c5ccccc5)c5c(c(-c6ccccc6)c34)-c3cccc4cccc-5c34)cc21. The molecule has 0 aromatic heterocycles. The van der Waals surface area contributed by atoms with Crippen LogP contribution >= 0.6 is 0 Å². The summed E-state index contributed by atoms with van der Waals surface area (Å²) in [7, 11) is 0. The first kappa shape index (κ1) is 35.5. The van der Waals surface area contributed by atoms with Crippen LogP contribution in [0.2, 0.25) is 0 Å². The largest absolute Gasteiger partial charge is 0.0622 e. The highest BCUT2D eigenvalue weighted by Crippen LogP contribution is 2.61. The van der Waals surface area contributed by atoms with E-state index in [2.05, 4.69) is 222 Å². The number of hydrogen-bond donors (Lipinski definition) is 0. The van der Waals surface area contributed by atoms with Gasteiger partial charge in [-0.1, -0.05) is 210 Å². The normalized spacial score (nSPS) is 14.4. The molecule has 0 saturated carbocycles. The summed E-state index contributed by atoms with van der Waals surface area (Å²) < 4.78 is 0. The summed E-state index contributed by atoms with van der Waals surface area (Å²) in [6.45, 7) is 9.57. The van der Waals surface area contributed by atoms with Gasteiger partial charge in [-0.05, 0) is 145 Å². The van der Waals surface area contributed by atoms with E-state index in [-0.39, 0.29) is 10.8 Å². The molecule has 0 heterocycles. The van der Waals surface area contributed by atoms with E-state index in [4.69, 9.17) is 0 Å². The van der Waals surface area contributed by atoms with Crippen molar-refractivity contribution < 1.29 is 0 Å². The van der Waals surface area contributed by atoms with E-state index in [1.807, 2.05) is 0 Å². The maximum atomic E-state index is 2.51. The molecule has 0 unspecified atom stereocenters. The molecule has 3 aliphatic rings. The molecule has 10 aromatic rings. The van der Waals surface area contributed by atoms with E-state index in [0.717, 1.165) is 0 Å². The monoisotopic (exact) mass is 788 g/mol. The van der Waals surface area contributed by atoms with Crippen molar-refractivity contribution >= 4 is 21.5 Å². The van der Waals surface area contributed by atoms with Gasteiger partial charge >= 0.3 is 0 Å². The van der Waals surface area contributed by atoms with Gasteiger partial charge in [0, 0.05) is 10.8 Å². The third-order valence-electron chi connectivity index (χ3n) is 14.8. The molecule has 0 amide bonds. The van der Waals surface area contributed by atoms with Crippen molar-refractivity contribution in [2.75, 3.05) is 0 Å². The van der Waals surface area contributed by atoms with Gasteiger partial charge in [-0.15, -0.1) is 0 Å². The standard InChI is InChI=1S/C62H44/c1-61(2)50-27-13-11-23-44(50)46-31-29-40(35-52(46)61)42-33-34-43(41-30-32-47-45-24-12-14-28-51(45)62(3,4)53(47)36-41)58-56(39-19-9-6-10-20-39)60-49-26-16-22-37-21-15-25-48(54(37)49)59(60)55(57(42)58)38-17-7-5-8-18-38/h5-36H,1-4H3. The van der Waals surface area contributed by atoms with Gasteiger partial charge in [0.25, 0.3) is 0 Å². The molecular formula is C62H44. The first-order chi connectivity index (χ1) is 30.3. The van der Waals surface area contributed by atoms with Gasteiger partial charge in [0.1, 0.15) is 0 Å². The molecule has 292 valence electrons. The zero-order valence-electron chi connectivity index (χ0n) is 35.5. The lowest BCUT2D eigenvalue weighted by molar-refractivity contribution is 0.660. The number of fused-ring (bicyclic) bond motifs is 10. The Morgan fingerprint density at radius 3 is 1.06 bits per heavy atom. The van der Waals surface area contributed by atoms with Gasteiger partial charge in [0.15, 0.2) is 0 Å². The van der Waals surface area contributed by atoms with Crippen LogP contribution in [0.3, 0.4) is 0 Å². The summed E-state index contributed by atoms with van der Waals surface area (Å²) in [6.07, 6.45) is 0. The van der Waals surface area contributed by atoms with Crippen LogP contribution in [0.15, 0.2) is 194 Å². The predicted octanol–water partition coefficient (Wildman–Crippen LogP) is 16.9. The first-order valence-corrected chi connectivity index (χ1v) is 22.1. The van der Waals surface area contributed by atoms with Crippen molar-refractivity contribution in [3.05, 3.63) is 216 Å². The third kappa shape index (κ3) is 4.67. The topological polar surface area (TPSA) is 0 Å². The molecule has 10 aromatic carbocycles. The first-order valence-electron chi connectivity index (χ1n) is 22.1. The van der Waals surface area contributed by atoms with Crippen LogP contribution in [0.1, 0.15) is 49.9 Å². The van der Waals surface area contributed by atoms with Gasteiger partial charge in [0.05, 0.1) is 0 Å². The van der Waals surface area contributed by atoms with Crippen LogP contribution < -0.4 is 0 Å². The van der Waals surface area contributed by atoms with Gasteiger partial charge in [-0.25, -0.2) is 0 Å². The Morgan fingerprint density at radius 2 is 0.613 bits per heavy atom. The molecule has 3 aliphatic carbocycles. The summed E-state index contributed by atoms with van der Waals surface area (Å²) in [5.41, 5.74) is 26.0.